The largest absolute Gasteiger partial charge is 0.369 e. The summed E-state index contributed by atoms with van der Waals surface area (Å²) in [5.74, 6) is 0.607. The number of para-hydroxylation sites is 1. The highest BCUT2D eigenvalue weighted by Crippen LogP contribution is 2.20. The van der Waals surface area contributed by atoms with Crippen LogP contribution in [0.3, 0.4) is 0 Å². The number of nitrogens with one attached hydrogen (secondary N) is 1. The van der Waals surface area contributed by atoms with Gasteiger partial charge in [0, 0.05) is 26.1 Å². The Morgan fingerprint density at radius 1 is 1.23 bits per heavy atom. The minimum atomic E-state index is -0.125. The van der Waals surface area contributed by atoms with Crippen LogP contribution in [0, 0.1) is 0 Å². The molecule has 0 spiro atoms. The van der Waals surface area contributed by atoms with Crippen molar-refractivity contribution in [1.29, 1.82) is 0 Å². The molecule has 4 rings (SSSR count). The van der Waals surface area contributed by atoms with Gasteiger partial charge in [0.15, 0.2) is 5.69 Å². The SMILES string of the molecule is CCNc1cc2c(nn1)CCN(C(=O)c1cnn(-c3ccccc3)n1)C2. The molecule has 2 aromatic heterocycles. The van der Waals surface area contributed by atoms with E-state index in [2.05, 4.69) is 25.7 Å². The summed E-state index contributed by atoms with van der Waals surface area (Å²) in [5.41, 5.74) is 3.13. The number of amides is 1. The molecule has 0 fully saturated rings. The van der Waals surface area contributed by atoms with Crippen LogP contribution in [0.2, 0.25) is 0 Å². The molecule has 0 aliphatic carbocycles. The van der Waals surface area contributed by atoms with E-state index >= 15 is 0 Å². The number of hydrogen-bond acceptors (Lipinski definition) is 6. The Morgan fingerprint density at radius 3 is 2.88 bits per heavy atom. The van der Waals surface area contributed by atoms with Gasteiger partial charge in [-0.15, -0.1) is 10.2 Å². The van der Waals surface area contributed by atoms with Gasteiger partial charge in [0.25, 0.3) is 5.91 Å². The molecule has 0 atom stereocenters. The maximum Gasteiger partial charge on any atom is 0.276 e. The van der Waals surface area contributed by atoms with Crippen LogP contribution in [0.15, 0.2) is 42.6 Å². The second-order valence-electron chi connectivity index (χ2n) is 6.06. The topological polar surface area (TPSA) is 88.8 Å². The zero-order valence-electron chi connectivity index (χ0n) is 14.5. The van der Waals surface area contributed by atoms with Gasteiger partial charge < -0.3 is 10.2 Å². The monoisotopic (exact) mass is 349 g/mol. The van der Waals surface area contributed by atoms with Crippen LogP contribution in [0.1, 0.15) is 28.7 Å². The average Bonchev–Trinajstić information content (AvgIpc) is 3.18. The number of fused-ring (bicyclic) bond motifs is 1. The first-order chi connectivity index (χ1) is 12.7. The van der Waals surface area contributed by atoms with E-state index in [-0.39, 0.29) is 5.91 Å². The Kier molecular flexibility index (Phi) is 4.30. The summed E-state index contributed by atoms with van der Waals surface area (Å²) in [6.45, 7) is 3.88. The summed E-state index contributed by atoms with van der Waals surface area (Å²) in [6, 6.07) is 11.5. The second kappa shape index (κ2) is 6.91. The normalized spacial score (nSPS) is 13.3. The van der Waals surface area contributed by atoms with Gasteiger partial charge in [0.2, 0.25) is 0 Å². The van der Waals surface area contributed by atoms with E-state index in [0.717, 1.165) is 29.3 Å². The van der Waals surface area contributed by atoms with Crippen LogP contribution >= 0.6 is 0 Å². The van der Waals surface area contributed by atoms with E-state index in [1.807, 2.05) is 43.3 Å². The number of hydrogen-bond donors (Lipinski definition) is 1. The van der Waals surface area contributed by atoms with Crippen LogP contribution in [0.5, 0.6) is 0 Å². The zero-order chi connectivity index (χ0) is 17.9. The average molecular weight is 349 g/mol. The van der Waals surface area contributed by atoms with E-state index in [0.29, 0.717) is 25.2 Å². The van der Waals surface area contributed by atoms with E-state index in [1.54, 1.807) is 4.90 Å². The minimum absolute atomic E-state index is 0.125. The molecule has 8 heteroatoms. The van der Waals surface area contributed by atoms with E-state index in [1.165, 1.54) is 11.0 Å². The fourth-order valence-electron chi connectivity index (χ4n) is 2.98. The lowest BCUT2D eigenvalue weighted by molar-refractivity contribution is 0.0726. The molecule has 0 saturated heterocycles. The Morgan fingerprint density at radius 2 is 2.08 bits per heavy atom. The van der Waals surface area contributed by atoms with Crippen molar-refractivity contribution in [2.45, 2.75) is 19.9 Å². The highest BCUT2D eigenvalue weighted by molar-refractivity contribution is 5.92. The van der Waals surface area contributed by atoms with E-state index in [9.17, 15) is 4.79 Å². The number of anilines is 1. The lowest BCUT2D eigenvalue weighted by Crippen LogP contribution is -2.36. The van der Waals surface area contributed by atoms with Gasteiger partial charge in [-0.3, -0.25) is 4.79 Å². The van der Waals surface area contributed by atoms with E-state index < -0.39 is 0 Å². The highest BCUT2D eigenvalue weighted by Gasteiger charge is 2.25. The molecule has 8 nitrogen and oxygen atoms in total. The molecule has 132 valence electrons. The quantitative estimate of drug-likeness (QED) is 0.771. The van der Waals surface area contributed by atoms with Crippen molar-refractivity contribution in [1.82, 2.24) is 30.1 Å². The summed E-state index contributed by atoms with van der Waals surface area (Å²) in [7, 11) is 0. The first kappa shape index (κ1) is 16.2. The molecule has 1 aliphatic rings. The Balaban J connectivity index is 1.53. The van der Waals surface area contributed by atoms with Crippen molar-refractivity contribution in [3.05, 3.63) is 59.5 Å². The molecule has 0 bridgehead atoms. The number of carbonyl (C=O) groups is 1. The van der Waals surface area contributed by atoms with Crippen molar-refractivity contribution in [3.8, 4) is 5.69 Å². The third-order valence-corrected chi connectivity index (χ3v) is 4.28. The van der Waals surface area contributed by atoms with Gasteiger partial charge >= 0.3 is 0 Å². The predicted octanol–water partition coefficient (Wildman–Crippen LogP) is 1.69. The lowest BCUT2D eigenvalue weighted by atomic mass is 10.1. The summed E-state index contributed by atoms with van der Waals surface area (Å²) in [5, 5.41) is 20.1. The third kappa shape index (κ3) is 3.13. The molecule has 1 aliphatic heterocycles. The molecule has 0 radical (unpaired) electrons. The van der Waals surface area contributed by atoms with Gasteiger partial charge in [-0.1, -0.05) is 18.2 Å². The first-order valence-corrected chi connectivity index (χ1v) is 8.61. The number of aromatic nitrogens is 5. The molecule has 1 aromatic carbocycles. The lowest BCUT2D eigenvalue weighted by Gasteiger charge is -2.27. The van der Waals surface area contributed by atoms with Gasteiger partial charge in [-0.05, 0) is 30.7 Å². The number of rotatable bonds is 4. The van der Waals surface area contributed by atoms with Gasteiger partial charge in [-0.25, -0.2) is 0 Å². The molecule has 0 saturated carbocycles. The Labute approximate surface area is 150 Å². The van der Waals surface area contributed by atoms with Crippen LogP contribution in [0.25, 0.3) is 5.69 Å². The number of benzene rings is 1. The molecule has 1 N–H and O–H groups in total. The Hall–Kier alpha value is -3.29. The minimum Gasteiger partial charge on any atom is -0.369 e. The maximum atomic E-state index is 12.8. The standard InChI is InChI=1S/C18H19N7O/c1-2-19-17-10-13-12-24(9-8-15(13)21-22-17)18(26)16-11-20-25(23-16)14-6-4-3-5-7-14/h3-7,10-11H,2,8-9,12H2,1H3,(H,19,22). The van der Waals surface area contributed by atoms with Crippen LogP contribution in [-0.2, 0) is 13.0 Å². The fourth-order valence-corrected chi connectivity index (χ4v) is 2.98. The molecule has 3 aromatic rings. The molecular formula is C18H19N7O. The van der Waals surface area contributed by atoms with Gasteiger partial charge in [0.05, 0.1) is 17.6 Å². The molecule has 1 amide bonds. The smallest absolute Gasteiger partial charge is 0.276 e. The fraction of sp³-hybridized carbons (Fsp3) is 0.278. The van der Waals surface area contributed by atoms with Crippen molar-refractivity contribution in [2.24, 2.45) is 0 Å². The highest BCUT2D eigenvalue weighted by atomic mass is 16.2. The van der Waals surface area contributed by atoms with Crippen molar-refractivity contribution in [3.63, 3.8) is 0 Å². The van der Waals surface area contributed by atoms with Gasteiger partial charge in [0.1, 0.15) is 5.82 Å². The summed E-state index contributed by atoms with van der Waals surface area (Å²) in [6.07, 6.45) is 2.20. The van der Waals surface area contributed by atoms with Crippen molar-refractivity contribution < 1.29 is 4.79 Å². The van der Waals surface area contributed by atoms with Crippen molar-refractivity contribution >= 4 is 11.7 Å². The summed E-state index contributed by atoms with van der Waals surface area (Å²) >= 11 is 0. The molecule has 3 heterocycles. The number of nitrogens with zero attached hydrogens (tertiary/aromatic N) is 6. The second-order valence-corrected chi connectivity index (χ2v) is 6.06. The van der Waals surface area contributed by atoms with Crippen LogP contribution in [0.4, 0.5) is 5.82 Å². The van der Waals surface area contributed by atoms with Gasteiger partial charge in [-0.2, -0.15) is 15.0 Å². The number of carbonyl (C=O) groups excluding carboxylic acids is 1. The van der Waals surface area contributed by atoms with E-state index in [4.69, 9.17) is 0 Å². The molecule has 0 unspecified atom stereocenters. The van der Waals surface area contributed by atoms with Crippen molar-refractivity contribution in [2.75, 3.05) is 18.4 Å². The predicted molar refractivity (Wildman–Crippen MR) is 96.0 cm³/mol. The molecule has 26 heavy (non-hydrogen) atoms. The van der Waals surface area contributed by atoms with Crippen LogP contribution in [-0.4, -0.2) is 49.1 Å². The first-order valence-electron chi connectivity index (χ1n) is 8.61. The zero-order valence-corrected chi connectivity index (χ0v) is 14.5. The maximum absolute atomic E-state index is 12.8. The third-order valence-electron chi connectivity index (χ3n) is 4.28. The van der Waals surface area contributed by atoms with Crippen LogP contribution < -0.4 is 5.32 Å². The Bertz CT molecular complexity index is 922. The molecular weight excluding hydrogens is 330 g/mol. The summed E-state index contributed by atoms with van der Waals surface area (Å²) < 4.78 is 0. The summed E-state index contributed by atoms with van der Waals surface area (Å²) in [4.78, 5) is 16.1.